The van der Waals surface area contributed by atoms with Gasteiger partial charge in [0.05, 0.1) is 17.6 Å². The zero-order chi connectivity index (χ0) is 33.9. The quantitative estimate of drug-likeness (QED) is 0.124. The fourth-order valence-electron chi connectivity index (χ4n) is 3.98. The maximum Gasteiger partial charge on any atom is 0.322 e. The van der Waals surface area contributed by atoms with E-state index in [2.05, 4.69) is 15.4 Å². The summed E-state index contributed by atoms with van der Waals surface area (Å²) in [5.74, 6) is -1.62. The first-order chi connectivity index (χ1) is 21.1. The molecule has 246 valence electrons. The molecule has 0 radical (unpaired) electrons. The maximum atomic E-state index is 12.9. The average molecular weight is 668 g/mol. The van der Waals surface area contributed by atoms with Crippen LogP contribution in [0.2, 0.25) is 5.02 Å². The van der Waals surface area contributed by atoms with Gasteiger partial charge in [-0.2, -0.15) is 0 Å². The lowest BCUT2D eigenvalue weighted by Crippen LogP contribution is -2.48. The van der Waals surface area contributed by atoms with E-state index in [9.17, 15) is 23.1 Å². The van der Waals surface area contributed by atoms with Crippen molar-refractivity contribution in [3.05, 3.63) is 82.4 Å². The van der Waals surface area contributed by atoms with Crippen molar-refractivity contribution in [1.29, 1.82) is 0 Å². The van der Waals surface area contributed by atoms with Crippen LogP contribution in [0.3, 0.4) is 0 Å². The predicted octanol–water partition coefficient (Wildman–Crippen LogP) is 0.881. The summed E-state index contributed by atoms with van der Waals surface area (Å²) in [7, 11) is -2.25. The number of rotatable bonds is 13. The number of aliphatic hydroxyl groups is 5. The molecule has 1 amide bonds. The Morgan fingerprint density at radius 1 is 0.867 bits per heavy atom. The van der Waals surface area contributed by atoms with Gasteiger partial charge in [0, 0.05) is 22.8 Å². The number of amides is 1. The van der Waals surface area contributed by atoms with Gasteiger partial charge in [-0.15, -0.1) is 0 Å². The third-order valence-electron chi connectivity index (χ3n) is 6.48. The number of aliphatic hydroxyl groups excluding tert-OH is 5. The molecule has 0 heterocycles. The van der Waals surface area contributed by atoms with Crippen LogP contribution >= 0.6 is 11.6 Å². The molecule has 0 bridgehead atoms. The number of benzene rings is 3. The van der Waals surface area contributed by atoms with E-state index < -0.39 is 59.5 Å². The Morgan fingerprint density at radius 3 is 2.07 bits per heavy atom. The van der Waals surface area contributed by atoms with Crippen LogP contribution in [0.1, 0.15) is 21.5 Å². The first-order valence-corrected chi connectivity index (χ1v) is 15.4. The molecule has 0 saturated carbocycles. The van der Waals surface area contributed by atoms with E-state index in [0.29, 0.717) is 27.4 Å². The van der Waals surface area contributed by atoms with E-state index in [1.165, 1.54) is 6.07 Å². The summed E-state index contributed by atoms with van der Waals surface area (Å²) in [4.78, 5) is 22.7. The number of carbonyl (C=O) groups is 2. The summed E-state index contributed by atoms with van der Waals surface area (Å²) in [5.41, 5.74) is 3.42. The van der Waals surface area contributed by atoms with E-state index >= 15 is 0 Å². The van der Waals surface area contributed by atoms with Gasteiger partial charge in [-0.3, -0.25) is 14.3 Å². The molecule has 13 nitrogen and oxygen atoms in total. The lowest BCUT2D eigenvalue weighted by Gasteiger charge is -2.25. The van der Waals surface area contributed by atoms with Gasteiger partial charge in [-0.25, -0.2) is 8.42 Å². The summed E-state index contributed by atoms with van der Waals surface area (Å²) in [5, 5.41) is 58.9. The number of likely N-dealkylation sites (N-methyl/N-ethyl adjacent to an activating group) is 1. The Balaban J connectivity index is 0.000000459. The van der Waals surface area contributed by atoms with E-state index in [4.69, 9.17) is 37.1 Å². The van der Waals surface area contributed by atoms with Crippen molar-refractivity contribution in [3.8, 4) is 11.1 Å². The highest BCUT2D eigenvalue weighted by Gasteiger charge is 2.29. The minimum atomic E-state index is -3.82. The standard InChI is InChI=1S/C23H21ClN2O5S.C7H17NO5/c1-14-11-21(15(2)10-20(14)24)32(30,31)26-19-5-3-4-18(12-19)16-6-8-17(9-7-16)23(29)25-13-22(27)28;1-8-2-4(10)6(12)7(13)5(11)3-9/h3-12,26H,13H2,1-2H3,(H,25,29)(H,27,28);4-13H,2-3H2,1H3/t;4-,5+,6+,7+/m.0/s1. The maximum absolute atomic E-state index is 12.9. The second kappa shape index (κ2) is 17.2. The molecule has 0 fully saturated rings. The van der Waals surface area contributed by atoms with Gasteiger partial charge in [-0.1, -0.05) is 35.9 Å². The van der Waals surface area contributed by atoms with Gasteiger partial charge in [0.25, 0.3) is 15.9 Å². The second-order valence-electron chi connectivity index (χ2n) is 10.1. The van der Waals surface area contributed by atoms with E-state index in [0.717, 1.165) is 11.1 Å². The molecule has 0 aliphatic carbocycles. The zero-order valence-corrected chi connectivity index (χ0v) is 26.4. The number of hydrogen-bond acceptors (Lipinski definition) is 10. The van der Waals surface area contributed by atoms with Crippen LogP contribution < -0.4 is 15.4 Å². The van der Waals surface area contributed by atoms with Crippen LogP contribution in [0.4, 0.5) is 5.69 Å². The average Bonchev–Trinajstić information content (AvgIpc) is 3.00. The Labute approximate surface area is 266 Å². The van der Waals surface area contributed by atoms with E-state index in [1.54, 1.807) is 69.4 Å². The number of carboxylic acids is 1. The second-order valence-corrected chi connectivity index (χ2v) is 12.1. The molecule has 0 aliphatic heterocycles. The highest BCUT2D eigenvalue weighted by atomic mass is 35.5. The third-order valence-corrected chi connectivity index (χ3v) is 8.41. The molecule has 9 N–H and O–H groups in total. The SMILES string of the molecule is CNC[C@H](O)[C@@H](O)[C@H](O)[C@H](O)CO.Cc1cc(S(=O)(=O)Nc2cccc(-c3ccc(C(=O)NCC(=O)O)cc3)c2)c(C)cc1Cl. The number of carbonyl (C=O) groups excluding carboxylic acids is 1. The molecular weight excluding hydrogens is 630 g/mol. The van der Waals surface area contributed by atoms with Crippen LogP contribution in [0.25, 0.3) is 11.1 Å². The van der Waals surface area contributed by atoms with Crippen molar-refractivity contribution in [1.82, 2.24) is 10.6 Å². The number of hydrogen-bond donors (Lipinski definition) is 9. The molecule has 0 unspecified atom stereocenters. The lowest BCUT2D eigenvalue weighted by atomic mass is 10.0. The minimum absolute atomic E-state index is 0.0936. The molecule has 3 rings (SSSR count). The fourth-order valence-corrected chi connectivity index (χ4v) is 5.56. The third kappa shape index (κ3) is 11.1. The van der Waals surface area contributed by atoms with Crippen molar-refractivity contribution < 1.29 is 48.6 Å². The highest BCUT2D eigenvalue weighted by Crippen LogP contribution is 2.28. The fraction of sp³-hybridized carbons (Fsp3) is 0.333. The molecule has 15 heteroatoms. The Kier molecular flexibility index (Phi) is 14.4. The highest BCUT2D eigenvalue weighted by molar-refractivity contribution is 7.92. The van der Waals surface area contributed by atoms with Crippen molar-refractivity contribution in [3.63, 3.8) is 0 Å². The number of sulfonamides is 1. The Morgan fingerprint density at radius 2 is 1.49 bits per heavy atom. The first kappa shape index (κ1) is 37.6. The van der Waals surface area contributed by atoms with Gasteiger partial charge in [0.2, 0.25) is 0 Å². The summed E-state index contributed by atoms with van der Waals surface area (Å²) in [6, 6.07) is 16.6. The number of halogens is 1. The largest absolute Gasteiger partial charge is 0.480 e. The lowest BCUT2D eigenvalue weighted by molar-refractivity contribution is -0.135. The van der Waals surface area contributed by atoms with Crippen molar-refractivity contribution in [2.24, 2.45) is 0 Å². The predicted molar refractivity (Wildman–Crippen MR) is 169 cm³/mol. The number of aryl methyl sites for hydroxylation is 2. The topological polar surface area (TPSA) is 226 Å². The van der Waals surface area contributed by atoms with E-state index in [1.807, 2.05) is 6.07 Å². The summed E-state index contributed by atoms with van der Waals surface area (Å²) < 4.78 is 28.4. The van der Waals surface area contributed by atoms with Gasteiger partial charge in [0.15, 0.2) is 0 Å². The molecule has 0 saturated heterocycles. The number of aliphatic carboxylic acids is 1. The summed E-state index contributed by atoms with van der Waals surface area (Å²) >= 11 is 6.08. The summed E-state index contributed by atoms with van der Waals surface area (Å²) in [6.07, 6.45) is -5.65. The van der Waals surface area contributed by atoms with Crippen molar-refractivity contribution in [2.45, 2.75) is 43.2 Å². The minimum Gasteiger partial charge on any atom is -0.480 e. The Bertz CT molecular complexity index is 1550. The monoisotopic (exact) mass is 667 g/mol. The molecule has 0 aliphatic rings. The van der Waals surface area contributed by atoms with Crippen LogP contribution in [0, 0.1) is 13.8 Å². The Hall–Kier alpha value is -3.60. The van der Waals surface area contributed by atoms with Crippen LogP contribution in [0.5, 0.6) is 0 Å². The first-order valence-electron chi connectivity index (χ1n) is 13.6. The van der Waals surface area contributed by atoms with Crippen molar-refractivity contribution in [2.75, 3.05) is 31.5 Å². The molecule has 0 aromatic heterocycles. The van der Waals surface area contributed by atoms with Gasteiger partial charge < -0.3 is 41.3 Å². The summed E-state index contributed by atoms with van der Waals surface area (Å²) in [6.45, 7) is 2.40. The molecule has 3 aromatic rings. The van der Waals surface area contributed by atoms with E-state index in [-0.39, 0.29) is 11.4 Å². The molecule has 0 spiro atoms. The van der Waals surface area contributed by atoms with Crippen LogP contribution in [-0.2, 0) is 14.8 Å². The normalized spacial score (nSPS) is 13.9. The smallest absolute Gasteiger partial charge is 0.322 e. The van der Waals surface area contributed by atoms with Gasteiger partial charge >= 0.3 is 5.97 Å². The molecule has 3 aromatic carbocycles. The van der Waals surface area contributed by atoms with Gasteiger partial charge in [-0.05, 0) is 79.5 Å². The zero-order valence-electron chi connectivity index (χ0n) is 24.8. The van der Waals surface area contributed by atoms with Crippen LogP contribution in [0.15, 0.2) is 65.6 Å². The van der Waals surface area contributed by atoms with Gasteiger partial charge in [0.1, 0.15) is 24.9 Å². The number of anilines is 1. The molecule has 45 heavy (non-hydrogen) atoms. The molecular formula is C30H38ClN3O10S. The van der Waals surface area contributed by atoms with Crippen molar-refractivity contribution >= 4 is 39.2 Å². The number of carboxylic acid groups (broad SMARTS) is 1. The molecule has 4 atom stereocenters. The van der Waals surface area contributed by atoms with Crippen LogP contribution in [-0.4, -0.2) is 102 Å². The number of nitrogens with one attached hydrogen (secondary N) is 3.